The lowest BCUT2D eigenvalue weighted by Gasteiger charge is -1.99. The number of fused-ring (bicyclic) bond motifs is 1. The highest BCUT2D eigenvalue weighted by molar-refractivity contribution is 5.98. The maximum Gasteiger partial charge on any atom is 0.251 e. The van der Waals surface area contributed by atoms with E-state index in [2.05, 4.69) is 0 Å². The molecule has 0 bridgehead atoms. The number of hydrogen-bond donors (Lipinski definition) is 0. The van der Waals surface area contributed by atoms with Gasteiger partial charge in [0.2, 0.25) is 5.91 Å². The summed E-state index contributed by atoms with van der Waals surface area (Å²) in [6.45, 7) is 1.42. The van der Waals surface area contributed by atoms with Crippen LogP contribution >= 0.6 is 0 Å². The van der Waals surface area contributed by atoms with Gasteiger partial charge >= 0.3 is 0 Å². The van der Waals surface area contributed by atoms with Crippen LogP contribution in [0.5, 0.6) is 0 Å². The zero-order valence-corrected chi connectivity index (χ0v) is 7.65. The van der Waals surface area contributed by atoms with Crippen molar-refractivity contribution in [2.45, 2.75) is 6.92 Å². The van der Waals surface area contributed by atoms with E-state index in [1.807, 2.05) is 18.2 Å². The number of nitrogens with zero attached hydrogens (tertiary/aromatic N) is 1. The van der Waals surface area contributed by atoms with E-state index in [1.165, 1.54) is 11.5 Å². The number of benzene rings is 1. The van der Waals surface area contributed by atoms with Crippen LogP contribution in [0.15, 0.2) is 30.3 Å². The van der Waals surface area contributed by atoms with Gasteiger partial charge in [0.05, 0.1) is 5.52 Å². The Morgan fingerprint density at radius 2 is 2.07 bits per heavy atom. The lowest BCUT2D eigenvalue weighted by molar-refractivity contribution is 0.0941. The molecule has 0 saturated heterocycles. The molecule has 0 amide bonds. The first-order chi connectivity index (χ1) is 6.74. The molecule has 1 aromatic heterocycles. The van der Waals surface area contributed by atoms with E-state index >= 15 is 0 Å². The second kappa shape index (κ2) is 3.10. The molecule has 0 fully saturated rings. The van der Waals surface area contributed by atoms with Crippen molar-refractivity contribution in [2.24, 2.45) is 0 Å². The quantitative estimate of drug-likeness (QED) is 0.680. The summed E-state index contributed by atoms with van der Waals surface area (Å²) >= 11 is 0. The van der Waals surface area contributed by atoms with Crippen molar-refractivity contribution in [3.05, 3.63) is 36.0 Å². The molecule has 3 heteroatoms. The van der Waals surface area contributed by atoms with E-state index in [1.54, 1.807) is 18.4 Å². The highest BCUT2D eigenvalue weighted by Gasteiger charge is 2.10. The summed E-state index contributed by atoms with van der Waals surface area (Å²) in [4.78, 5) is 21.9. The number of rotatable bonds is 1. The van der Waals surface area contributed by atoms with E-state index in [4.69, 9.17) is 0 Å². The molecule has 2 aromatic rings. The molecular formula is C11H8NO2. The number of carbonyl (C=O) groups is 1. The molecule has 1 aromatic carbocycles. The summed E-state index contributed by atoms with van der Waals surface area (Å²) < 4.78 is 1.36. The van der Waals surface area contributed by atoms with Crippen LogP contribution in [0, 0.1) is 0 Å². The van der Waals surface area contributed by atoms with Crippen LogP contribution in [0.2, 0.25) is 0 Å². The van der Waals surface area contributed by atoms with Crippen molar-refractivity contribution in [1.29, 1.82) is 0 Å². The average Bonchev–Trinajstić information content (AvgIpc) is 2.55. The van der Waals surface area contributed by atoms with Gasteiger partial charge in [0.25, 0.3) is 6.29 Å². The molecule has 0 atom stereocenters. The maximum atomic E-state index is 11.3. The van der Waals surface area contributed by atoms with Crippen LogP contribution in [0.4, 0.5) is 0 Å². The summed E-state index contributed by atoms with van der Waals surface area (Å²) in [5.41, 5.74) is 1.03. The van der Waals surface area contributed by atoms with Crippen LogP contribution in [0.1, 0.15) is 17.4 Å². The zero-order valence-electron chi connectivity index (χ0n) is 7.65. The van der Waals surface area contributed by atoms with Crippen molar-refractivity contribution >= 4 is 23.1 Å². The SMILES string of the molecule is CC(=O)n1c([C]=O)cc2ccccc21. The molecule has 0 saturated carbocycles. The van der Waals surface area contributed by atoms with E-state index < -0.39 is 0 Å². The number of hydrogen-bond acceptors (Lipinski definition) is 2. The first kappa shape index (κ1) is 8.69. The third-order valence-corrected chi connectivity index (χ3v) is 2.13. The van der Waals surface area contributed by atoms with Gasteiger partial charge in [-0.2, -0.15) is 0 Å². The minimum absolute atomic E-state index is 0.176. The smallest absolute Gasteiger partial charge is 0.251 e. The lowest BCUT2D eigenvalue weighted by Crippen LogP contribution is -2.08. The minimum Gasteiger partial charge on any atom is -0.283 e. The Morgan fingerprint density at radius 3 is 2.71 bits per heavy atom. The predicted molar refractivity (Wildman–Crippen MR) is 53.0 cm³/mol. The Balaban J connectivity index is 2.87. The third-order valence-electron chi connectivity index (χ3n) is 2.13. The molecule has 0 aliphatic rings. The molecule has 0 aliphatic heterocycles. The number of para-hydroxylation sites is 1. The fourth-order valence-corrected chi connectivity index (χ4v) is 1.57. The van der Waals surface area contributed by atoms with Gasteiger partial charge in [0, 0.05) is 12.3 Å². The van der Waals surface area contributed by atoms with Crippen molar-refractivity contribution in [3.63, 3.8) is 0 Å². The lowest BCUT2D eigenvalue weighted by atomic mass is 10.2. The van der Waals surface area contributed by atoms with Gasteiger partial charge in [-0.15, -0.1) is 0 Å². The second-order valence-corrected chi connectivity index (χ2v) is 3.04. The first-order valence-electron chi connectivity index (χ1n) is 4.23. The largest absolute Gasteiger partial charge is 0.283 e. The van der Waals surface area contributed by atoms with E-state index in [0.29, 0.717) is 0 Å². The highest BCUT2D eigenvalue weighted by Crippen LogP contribution is 2.18. The molecule has 0 N–H and O–H groups in total. The Labute approximate surface area is 81.0 Å². The molecular weight excluding hydrogens is 178 g/mol. The standard InChI is InChI=1S/C11H8NO2/c1-8(14)12-10(7-13)6-9-4-2-3-5-11(9)12/h2-6H,1H3. The van der Waals surface area contributed by atoms with Crippen LogP contribution in [-0.2, 0) is 4.79 Å². The first-order valence-corrected chi connectivity index (χ1v) is 4.23. The molecule has 1 radical (unpaired) electrons. The fraction of sp³-hybridized carbons (Fsp3) is 0.0909. The maximum absolute atomic E-state index is 11.3. The molecule has 0 spiro atoms. The topological polar surface area (TPSA) is 39.1 Å². The summed E-state index contributed by atoms with van der Waals surface area (Å²) in [6, 6.07) is 9.01. The molecule has 14 heavy (non-hydrogen) atoms. The number of aromatic nitrogens is 1. The number of carbonyl (C=O) groups excluding carboxylic acids is 2. The molecule has 1 heterocycles. The average molecular weight is 186 g/mol. The van der Waals surface area contributed by atoms with Crippen molar-refractivity contribution in [2.75, 3.05) is 0 Å². The molecule has 3 nitrogen and oxygen atoms in total. The van der Waals surface area contributed by atoms with Gasteiger partial charge in [0.15, 0.2) is 0 Å². The van der Waals surface area contributed by atoms with Gasteiger partial charge in [0.1, 0.15) is 5.69 Å². The van der Waals surface area contributed by atoms with Crippen molar-refractivity contribution in [1.82, 2.24) is 4.57 Å². The van der Waals surface area contributed by atoms with E-state index in [9.17, 15) is 9.59 Å². The summed E-state index contributed by atoms with van der Waals surface area (Å²) in [7, 11) is 0. The fourth-order valence-electron chi connectivity index (χ4n) is 1.57. The van der Waals surface area contributed by atoms with Crippen LogP contribution in [0.25, 0.3) is 10.9 Å². The Hall–Kier alpha value is -1.90. The summed E-state index contributed by atoms with van der Waals surface area (Å²) in [6.07, 6.45) is 1.76. The van der Waals surface area contributed by atoms with Gasteiger partial charge in [-0.3, -0.25) is 14.2 Å². The monoisotopic (exact) mass is 186 g/mol. The van der Waals surface area contributed by atoms with Gasteiger partial charge in [-0.1, -0.05) is 18.2 Å². The Kier molecular flexibility index (Phi) is 1.93. The minimum atomic E-state index is -0.176. The molecule has 0 aliphatic carbocycles. The van der Waals surface area contributed by atoms with Gasteiger partial charge in [-0.25, -0.2) is 0 Å². The molecule has 2 rings (SSSR count). The zero-order chi connectivity index (χ0) is 10.1. The van der Waals surface area contributed by atoms with E-state index in [-0.39, 0.29) is 11.6 Å². The van der Waals surface area contributed by atoms with Crippen LogP contribution < -0.4 is 0 Å². The molecule has 0 unspecified atom stereocenters. The molecule has 69 valence electrons. The highest BCUT2D eigenvalue weighted by atomic mass is 16.2. The van der Waals surface area contributed by atoms with Crippen LogP contribution in [-0.4, -0.2) is 16.8 Å². The van der Waals surface area contributed by atoms with E-state index in [0.717, 1.165) is 10.9 Å². The second-order valence-electron chi connectivity index (χ2n) is 3.04. The predicted octanol–water partition coefficient (Wildman–Crippen LogP) is 1.76. The van der Waals surface area contributed by atoms with Crippen molar-refractivity contribution < 1.29 is 9.59 Å². The Bertz CT molecular complexity index is 511. The van der Waals surface area contributed by atoms with Gasteiger partial charge in [-0.05, 0) is 12.1 Å². The third kappa shape index (κ3) is 1.14. The van der Waals surface area contributed by atoms with Gasteiger partial charge < -0.3 is 0 Å². The summed E-state index contributed by atoms with van der Waals surface area (Å²) in [5.74, 6) is -0.176. The normalized spacial score (nSPS) is 10.4. The Morgan fingerprint density at radius 1 is 1.36 bits per heavy atom. The van der Waals surface area contributed by atoms with Crippen molar-refractivity contribution in [3.8, 4) is 0 Å². The van der Waals surface area contributed by atoms with Crippen LogP contribution in [0.3, 0.4) is 0 Å². The summed E-state index contributed by atoms with van der Waals surface area (Å²) in [5, 5.41) is 0.876.